The number of piperidine rings is 1. The van der Waals surface area contributed by atoms with E-state index in [2.05, 4.69) is 15.3 Å². The molecule has 134 valence electrons. The smallest absolute Gasteiger partial charge is 0.309 e. The van der Waals surface area contributed by atoms with E-state index in [-0.39, 0.29) is 24.8 Å². The van der Waals surface area contributed by atoms with E-state index in [0.29, 0.717) is 24.6 Å². The van der Waals surface area contributed by atoms with E-state index in [4.69, 9.17) is 10.8 Å². The van der Waals surface area contributed by atoms with Gasteiger partial charge >= 0.3 is 5.97 Å². The molecule has 1 aliphatic heterocycles. The molecule has 3 heterocycles. The van der Waals surface area contributed by atoms with Crippen molar-refractivity contribution in [1.82, 2.24) is 24.9 Å². The van der Waals surface area contributed by atoms with Gasteiger partial charge in [-0.1, -0.05) is 0 Å². The maximum atomic E-state index is 12.4. The van der Waals surface area contributed by atoms with Crippen LogP contribution in [0.5, 0.6) is 0 Å². The average Bonchev–Trinajstić information content (AvgIpc) is 3.13. The molecule has 0 atom stereocenters. The minimum absolute atomic E-state index is 0.00171. The van der Waals surface area contributed by atoms with Crippen LogP contribution >= 0.6 is 0 Å². The summed E-state index contributed by atoms with van der Waals surface area (Å²) < 4.78 is 1.52. The summed E-state index contributed by atoms with van der Waals surface area (Å²) in [5.74, 6) is -0.159. The van der Waals surface area contributed by atoms with E-state index in [9.17, 15) is 9.59 Å². The number of carboxylic acid groups (broad SMARTS) is 1. The highest BCUT2D eigenvalue weighted by Crippen LogP contribution is 2.27. The zero-order valence-electron chi connectivity index (χ0n) is 14.1. The van der Waals surface area contributed by atoms with Gasteiger partial charge in [0.15, 0.2) is 0 Å². The van der Waals surface area contributed by atoms with Gasteiger partial charge in [-0.3, -0.25) is 14.7 Å². The molecule has 0 spiro atoms. The van der Waals surface area contributed by atoms with Gasteiger partial charge in [0, 0.05) is 30.8 Å². The number of anilines is 1. The summed E-state index contributed by atoms with van der Waals surface area (Å²) in [6.45, 7) is 3.27. The molecule has 1 fully saturated rings. The van der Waals surface area contributed by atoms with Gasteiger partial charge in [0.2, 0.25) is 5.91 Å². The van der Waals surface area contributed by atoms with Crippen LogP contribution in [-0.4, -0.2) is 55.0 Å². The molecular formula is C16H22N6O3. The minimum Gasteiger partial charge on any atom is -0.481 e. The highest BCUT2D eigenvalue weighted by atomic mass is 16.4. The summed E-state index contributed by atoms with van der Waals surface area (Å²) in [5, 5.41) is 20.0. The summed E-state index contributed by atoms with van der Waals surface area (Å²) in [6, 6.07) is 3.55. The number of nitrogen functional groups attached to an aromatic ring is 1. The maximum Gasteiger partial charge on any atom is 0.309 e. The minimum atomic E-state index is -0.885. The third-order valence-corrected chi connectivity index (χ3v) is 4.48. The van der Waals surface area contributed by atoms with Crippen LogP contribution in [-0.2, 0) is 22.6 Å². The lowest BCUT2D eigenvalue weighted by Gasteiger charge is -2.31. The Labute approximate surface area is 144 Å². The van der Waals surface area contributed by atoms with Crippen LogP contribution in [0.15, 0.2) is 12.1 Å². The monoisotopic (exact) mass is 346 g/mol. The molecule has 1 saturated heterocycles. The number of aliphatic carboxylic acids is 1. The number of aryl methyl sites for hydroxylation is 1. The van der Waals surface area contributed by atoms with Crippen LogP contribution in [0.2, 0.25) is 0 Å². The van der Waals surface area contributed by atoms with Crippen molar-refractivity contribution >= 4 is 17.7 Å². The van der Waals surface area contributed by atoms with Crippen LogP contribution in [0.1, 0.15) is 35.8 Å². The number of carbonyl (C=O) groups excluding carboxylic acids is 1. The van der Waals surface area contributed by atoms with Crippen LogP contribution < -0.4 is 5.73 Å². The Morgan fingerprint density at radius 1 is 1.36 bits per heavy atom. The van der Waals surface area contributed by atoms with Gasteiger partial charge in [-0.05, 0) is 25.8 Å². The van der Waals surface area contributed by atoms with Crippen molar-refractivity contribution < 1.29 is 14.7 Å². The van der Waals surface area contributed by atoms with Gasteiger partial charge in [-0.15, -0.1) is 0 Å². The van der Waals surface area contributed by atoms with Crippen LogP contribution in [0.3, 0.4) is 0 Å². The lowest BCUT2D eigenvalue weighted by Crippen LogP contribution is -2.40. The predicted octanol–water partition coefficient (Wildman–Crippen LogP) is 0.530. The summed E-state index contributed by atoms with van der Waals surface area (Å²) in [5.41, 5.74) is 8.09. The molecule has 0 unspecified atom stereocenters. The molecule has 2 aromatic rings. The van der Waals surface area contributed by atoms with E-state index < -0.39 is 5.97 Å². The molecule has 4 N–H and O–H groups in total. The van der Waals surface area contributed by atoms with Gasteiger partial charge < -0.3 is 15.7 Å². The van der Waals surface area contributed by atoms with Crippen molar-refractivity contribution in [2.75, 3.05) is 18.8 Å². The topological polar surface area (TPSA) is 130 Å². The number of nitrogens with zero attached hydrogens (tertiary/aromatic N) is 4. The molecule has 0 aliphatic carbocycles. The van der Waals surface area contributed by atoms with Crippen molar-refractivity contribution in [2.45, 2.75) is 38.6 Å². The molecule has 9 nitrogen and oxygen atoms in total. The van der Waals surface area contributed by atoms with Gasteiger partial charge in [0.25, 0.3) is 0 Å². The average molecular weight is 346 g/mol. The van der Waals surface area contributed by atoms with Crippen molar-refractivity contribution in [3.63, 3.8) is 0 Å². The van der Waals surface area contributed by atoms with Crippen molar-refractivity contribution in [2.24, 2.45) is 0 Å². The number of amides is 1. The van der Waals surface area contributed by atoms with E-state index in [1.807, 2.05) is 17.9 Å². The SMILES string of the molecule is Cc1cc(N)n(CC(=O)N2CCC(c3cc(CC(=O)O)[nH]n3)CC2)n1. The number of aromatic nitrogens is 4. The second-order valence-corrected chi connectivity index (χ2v) is 6.41. The highest BCUT2D eigenvalue weighted by Gasteiger charge is 2.26. The quantitative estimate of drug-likeness (QED) is 0.724. The number of rotatable bonds is 5. The van der Waals surface area contributed by atoms with E-state index in [1.165, 1.54) is 4.68 Å². The highest BCUT2D eigenvalue weighted by molar-refractivity contribution is 5.76. The number of carbonyl (C=O) groups is 2. The summed E-state index contributed by atoms with van der Waals surface area (Å²) in [7, 11) is 0. The fraction of sp³-hybridized carbons (Fsp3) is 0.500. The molecule has 25 heavy (non-hydrogen) atoms. The third kappa shape index (κ3) is 3.98. The standard InChI is InChI=1S/C16H22N6O3/c1-10-6-14(17)22(20-10)9-15(23)21-4-2-11(3-5-21)13-7-12(18-19-13)8-16(24)25/h6-7,11H,2-5,8-9,17H2,1H3,(H,18,19)(H,24,25). The van der Waals surface area contributed by atoms with Gasteiger partial charge in [-0.2, -0.15) is 10.2 Å². The Morgan fingerprint density at radius 3 is 2.68 bits per heavy atom. The Bertz CT molecular complexity index is 773. The lowest BCUT2D eigenvalue weighted by molar-refractivity contribution is -0.136. The van der Waals surface area contributed by atoms with Gasteiger partial charge in [0.1, 0.15) is 12.4 Å². The fourth-order valence-electron chi connectivity index (χ4n) is 3.19. The number of carboxylic acids is 1. The summed E-state index contributed by atoms with van der Waals surface area (Å²) >= 11 is 0. The Hall–Kier alpha value is -2.84. The van der Waals surface area contributed by atoms with Crippen molar-refractivity contribution in [3.05, 3.63) is 29.2 Å². The van der Waals surface area contributed by atoms with Crippen LogP contribution in [0.4, 0.5) is 5.82 Å². The number of hydrogen-bond acceptors (Lipinski definition) is 5. The predicted molar refractivity (Wildman–Crippen MR) is 89.9 cm³/mol. The first kappa shape index (κ1) is 17.0. The third-order valence-electron chi connectivity index (χ3n) is 4.48. The Balaban J connectivity index is 1.54. The summed E-state index contributed by atoms with van der Waals surface area (Å²) in [6.07, 6.45) is 1.54. The number of H-pyrrole nitrogens is 1. The molecule has 9 heteroatoms. The number of nitrogens with two attached hydrogens (primary N) is 1. The zero-order valence-corrected chi connectivity index (χ0v) is 14.1. The Morgan fingerprint density at radius 2 is 2.08 bits per heavy atom. The van der Waals surface area contributed by atoms with Crippen molar-refractivity contribution in [1.29, 1.82) is 0 Å². The molecule has 0 aromatic carbocycles. The number of aromatic amines is 1. The fourth-order valence-corrected chi connectivity index (χ4v) is 3.19. The zero-order chi connectivity index (χ0) is 18.0. The number of hydrogen-bond donors (Lipinski definition) is 3. The first-order chi connectivity index (χ1) is 11.9. The van der Waals surface area contributed by atoms with E-state index in [1.54, 1.807) is 6.07 Å². The van der Waals surface area contributed by atoms with E-state index >= 15 is 0 Å². The lowest BCUT2D eigenvalue weighted by atomic mass is 9.93. The molecule has 2 aromatic heterocycles. The molecule has 0 bridgehead atoms. The first-order valence-corrected chi connectivity index (χ1v) is 8.26. The molecule has 1 amide bonds. The maximum absolute atomic E-state index is 12.4. The second kappa shape index (κ2) is 6.96. The normalized spacial score (nSPS) is 15.5. The largest absolute Gasteiger partial charge is 0.481 e. The molecule has 3 rings (SSSR count). The van der Waals surface area contributed by atoms with Crippen LogP contribution in [0, 0.1) is 6.92 Å². The van der Waals surface area contributed by atoms with E-state index in [0.717, 1.165) is 24.2 Å². The van der Waals surface area contributed by atoms with Crippen molar-refractivity contribution in [3.8, 4) is 0 Å². The molecule has 0 radical (unpaired) electrons. The summed E-state index contributed by atoms with van der Waals surface area (Å²) in [4.78, 5) is 25.0. The van der Waals surface area contributed by atoms with Crippen LogP contribution in [0.25, 0.3) is 0 Å². The molecular weight excluding hydrogens is 324 g/mol. The Kier molecular flexibility index (Phi) is 4.73. The number of nitrogens with one attached hydrogen (secondary N) is 1. The number of likely N-dealkylation sites (tertiary alicyclic amines) is 1. The second-order valence-electron chi connectivity index (χ2n) is 6.41. The molecule has 1 aliphatic rings. The van der Waals surface area contributed by atoms with Gasteiger partial charge in [0.05, 0.1) is 17.8 Å². The molecule has 0 saturated carbocycles. The first-order valence-electron chi connectivity index (χ1n) is 8.26. The van der Waals surface area contributed by atoms with Gasteiger partial charge in [-0.25, -0.2) is 4.68 Å².